The van der Waals surface area contributed by atoms with Crippen LogP contribution in [0.25, 0.3) is 0 Å². The standard InChI is InChI=1S/C16H14F2N2O2/c1-9-14(19-10(2)21)4-3-5-15(9)20-16(22)11-6-12(17)8-13(18)7-11/h3-8H,1-2H3,(H,19,21)(H,20,22). The number of benzene rings is 2. The fourth-order valence-corrected chi connectivity index (χ4v) is 1.98. The molecule has 114 valence electrons. The molecule has 0 unspecified atom stereocenters. The van der Waals surface area contributed by atoms with Crippen molar-refractivity contribution in [1.29, 1.82) is 0 Å². The number of anilines is 2. The summed E-state index contributed by atoms with van der Waals surface area (Å²) in [5.41, 5.74) is 1.52. The van der Waals surface area contributed by atoms with Crippen LogP contribution in [-0.4, -0.2) is 11.8 Å². The van der Waals surface area contributed by atoms with Crippen molar-refractivity contribution < 1.29 is 18.4 Å². The Balaban J connectivity index is 2.26. The first-order valence-electron chi connectivity index (χ1n) is 6.51. The molecule has 2 rings (SSSR count). The van der Waals surface area contributed by atoms with E-state index in [2.05, 4.69) is 10.6 Å². The van der Waals surface area contributed by atoms with E-state index in [1.54, 1.807) is 25.1 Å². The quantitative estimate of drug-likeness (QED) is 0.912. The smallest absolute Gasteiger partial charge is 0.255 e. The minimum Gasteiger partial charge on any atom is -0.326 e. The van der Waals surface area contributed by atoms with Gasteiger partial charge in [0.2, 0.25) is 5.91 Å². The van der Waals surface area contributed by atoms with Crippen molar-refractivity contribution in [2.45, 2.75) is 13.8 Å². The molecular formula is C16H14F2N2O2. The van der Waals surface area contributed by atoms with Crippen molar-refractivity contribution >= 4 is 23.2 Å². The lowest BCUT2D eigenvalue weighted by Crippen LogP contribution is -2.14. The highest BCUT2D eigenvalue weighted by atomic mass is 19.1. The van der Waals surface area contributed by atoms with E-state index >= 15 is 0 Å². The van der Waals surface area contributed by atoms with Crippen molar-refractivity contribution in [3.63, 3.8) is 0 Å². The van der Waals surface area contributed by atoms with Crippen LogP contribution in [-0.2, 0) is 4.79 Å². The maximum Gasteiger partial charge on any atom is 0.255 e. The van der Waals surface area contributed by atoms with Gasteiger partial charge >= 0.3 is 0 Å². The molecule has 0 aliphatic rings. The first-order chi connectivity index (χ1) is 10.4. The second-order valence-electron chi connectivity index (χ2n) is 4.77. The molecule has 6 heteroatoms. The molecule has 0 bridgehead atoms. The van der Waals surface area contributed by atoms with E-state index in [4.69, 9.17) is 0 Å². The Morgan fingerprint density at radius 3 is 2.05 bits per heavy atom. The summed E-state index contributed by atoms with van der Waals surface area (Å²) in [4.78, 5) is 23.2. The van der Waals surface area contributed by atoms with Gasteiger partial charge in [-0.15, -0.1) is 0 Å². The van der Waals surface area contributed by atoms with Crippen LogP contribution in [0.4, 0.5) is 20.2 Å². The van der Waals surface area contributed by atoms with Crippen molar-refractivity contribution in [3.05, 3.63) is 59.2 Å². The molecule has 0 spiro atoms. The first kappa shape index (κ1) is 15.6. The zero-order chi connectivity index (χ0) is 16.3. The Labute approximate surface area is 126 Å². The van der Waals surface area contributed by atoms with Gasteiger partial charge < -0.3 is 10.6 Å². The number of hydrogen-bond acceptors (Lipinski definition) is 2. The van der Waals surface area contributed by atoms with E-state index in [0.29, 0.717) is 23.0 Å². The number of halogens is 2. The highest BCUT2D eigenvalue weighted by Gasteiger charge is 2.12. The van der Waals surface area contributed by atoms with Gasteiger partial charge in [0, 0.05) is 29.9 Å². The molecule has 0 fully saturated rings. The average Bonchev–Trinajstić information content (AvgIpc) is 2.41. The van der Waals surface area contributed by atoms with Gasteiger partial charge in [-0.1, -0.05) is 6.07 Å². The van der Waals surface area contributed by atoms with Crippen LogP contribution in [0.1, 0.15) is 22.8 Å². The van der Waals surface area contributed by atoms with Crippen LogP contribution in [0.2, 0.25) is 0 Å². The van der Waals surface area contributed by atoms with E-state index in [0.717, 1.165) is 12.1 Å². The highest BCUT2D eigenvalue weighted by molar-refractivity contribution is 6.05. The van der Waals surface area contributed by atoms with Gasteiger partial charge in [-0.05, 0) is 36.8 Å². The normalized spacial score (nSPS) is 10.2. The molecule has 2 aromatic carbocycles. The third-order valence-electron chi connectivity index (χ3n) is 3.02. The zero-order valence-corrected chi connectivity index (χ0v) is 12.0. The Morgan fingerprint density at radius 2 is 1.50 bits per heavy atom. The molecule has 0 radical (unpaired) electrons. The van der Waals surface area contributed by atoms with Crippen LogP contribution >= 0.6 is 0 Å². The molecule has 2 N–H and O–H groups in total. The van der Waals surface area contributed by atoms with Crippen LogP contribution in [0, 0.1) is 18.6 Å². The Hall–Kier alpha value is -2.76. The lowest BCUT2D eigenvalue weighted by Gasteiger charge is -2.13. The molecule has 0 saturated heterocycles. The third kappa shape index (κ3) is 3.66. The number of carbonyl (C=O) groups is 2. The summed E-state index contributed by atoms with van der Waals surface area (Å²) in [6.07, 6.45) is 0. The number of nitrogens with one attached hydrogen (secondary N) is 2. The van der Waals surface area contributed by atoms with Gasteiger partial charge in [0.05, 0.1) is 0 Å². The summed E-state index contributed by atoms with van der Waals surface area (Å²) >= 11 is 0. The number of carbonyl (C=O) groups excluding carboxylic acids is 2. The third-order valence-corrected chi connectivity index (χ3v) is 3.02. The summed E-state index contributed by atoms with van der Waals surface area (Å²) in [5.74, 6) is -2.53. The number of hydrogen-bond donors (Lipinski definition) is 2. The molecule has 0 aromatic heterocycles. The van der Waals surface area contributed by atoms with Crippen LogP contribution < -0.4 is 10.6 Å². The van der Waals surface area contributed by atoms with Crippen LogP contribution in [0.3, 0.4) is 0 Å². The molecule has 4 nitrogen and oxygen atoms in total. The Bertz CT molecular complexity index is 725. The van der Waals surface area contributed by atoms with Crippen LogP contribution in [0.15, 0.2) is 36.4 Å². The van der Waals surface area contributed by atoms with Crippen molar-refractivity contribution in [2.24, 2.45) is 0 Å². The molecule has 0 atom stereocenters. The van der Waals surface area contributed by atoms with E-state index in [-0.39, 0.29) is 11.5 Å². The van der Waals surface area contributed by atoms with Gasteiger partial charge in [0.1, 0.15) is 11.6 Å². The summed E-state index contributed by atoms with van der Waals surface area (Å²) in [5, 5.41) is 5.21. The largest absolute Gasteiger partial charge is 0.326 e. The van der Waals surface area contributed by atoms with Crippen molar-refractivity contribution in [2.75, 3.05) is 10.6 Å². The van der Waals surface area contributed by atoms with Gasteiger partial charge in [-0.2, -0.15) is 0 Å². The average molecular weight is 304 g/mol. The first-order valence-corrected chi connectivity index (χ1v) is 6.51. The lowest BCUT2D eigenvalue weighted by molar-refractivity contribution is -0.114. The summed E-state index contributed by atoms with van der Waals surface area (Å²) in [6.45, 7) is 3.09. The second kappa shape index (κ2) is 6.34. The van der Waals surface area contributed by atoms with Gasteiger partial charge in [-0.3, -0.25) is 9.59 Å². The lowest BCUT2D eigenvalue weighted by atomic mass is 10.1. The number of amides is 2. The topological polar surface area (TPSA) is 58.2 Å². The summed E-state index contributed by atoms with van der Waals surface area (Å²) < 4.78 is 26.3. The van der Waals surface area contributed by atoms with Gasteiger partial charge in [0.25, 0.3) is 5.91 Å². The monoisotopic (exact) mass is 304 g/mol. The minimum absolute atomic E-state index is 0.123. The molecule has 0 aliphatic heterocycles. The van der Waals surface area contributed by atoms with Crippen LogP contribution in [0.5, 0.6) is 0 Å². The highest BCUT2D eigenvalue weighted by Crippen LogP contribution is 2.24. The van der Waals surface area contributed by atoms with Gasteiger partial charge in [0.15, 0.2) is 0 Å². The maximum atomic E-state index is 13.1. The summed E-state index contributed by atoms with van der Waals surface area (Å²) in [7, 11) is 0. The van der Waals surface area contributed by atoms with E-state index in [1.807, 2.05) is 0 Å². The second-order valence-corrected chi connectivity index (χ2v) is 4.77. The Morgan fingerprint density at radius 1 is 0.955 bits per heavy atom. The zero-order valence-electron chi connectivity index (χ0n) is 12.0. The maximum absolute atomic E-state index is 13.1. The molecule has 22 heavy (non-hydrogen) atoms. The van der Waals surface area contributed by atoms with Crippen molar-refractivity contribution in [1.82, 2.24) is 0 Å². The molecule has 0 heterocycles. The molecule has 0 aliphatic carbocycles. The van der Waals surface area contributed by atoms with E-state index < -0.39 is 17.5 Å². The fraction of sp³-hybridized carbons (Fsp3) is 0.125. The molecule has 2 aromatic rings. The molecule has 2 amide bonds. The van der Waals surface area contributed by atoms with Crippen molar-refractivity contribution in [3.8, 4) is 0 Å². The van der Waals surface area contributed by atoms with E-state index in [1.165, 1.54) is 6.92 Å². The van der Waals surface area contributed by atoms with E-state index in [9.17, 15) is 18.4 Å². The SMILES string of the molecule is CC(=O)Nc1cccc(NC(=O)c2cc(F)cc(F)c2)c1C. The predicted molar refractivity (Wildman–Crippen MR) is 79.8 cm³/mol. The van der Waals surface area contributed by atoms with Gasteiger partial charge in [-0.25, -0.2) is 8.78 Å². The molecule has 0 saturated carbocycles. The molecular weight excluding hydrogens is 290 g/mol. The Kier molecular flexibility index (Phi) is 4.50. The fourth-order valence-electron chi connectivity index (χ4n) is 1.98. The summed E-state index contributed by atoms with van der Waals surface area (Å²) in [6, 6.07) is 7.57. The predicted octanol–water partition coefficient (Wildman–Crippen LogP) is 3.48. The number of rotatable bonds is 3. The minimum atomic E-state index is -0.825.